The molecule has 3 aliphatic heterocycles. The zero-order chi connectivity index (χ0) is 31.9. The number of hydrogen-bond acceptors (Lipinski definition) is 10. The Morgan fingerprint density at radius 3 is 2.60 bits per heavy atom. The lowest BCUT2D eigenvalue weighted by molar-refractivity contribution is -0.131. The molecule has 3 saturated heterocycles. The van der Waals surface area contributed by atoms with Crippen molar-refractivity contribution in [1.82, 2.24) is 19.5 Å². The number of ether oxygens (including phenoxy) is 4. The van der Waals surface area contributed by atoms with E-state index in [2.05, 4.69) is 19.8 Å². The van der Waals surface area contributed by atoms with Gasteiger partial charge in [0.15, 0.2) is 11.9 Å². The van der Waals surface area contributed by atoms with Gasteiger partial charge in [0.05, 0.1) is 34.2 Å². The van der Waals surface area contributed by atoms with Crippen molar-refractivity contribution < 1.29 is 37.1 Å². The molecule has 2 aromatic heterocycles. The Morgan fingerprint density at radius 2 is 1.89 bits per heavy atom. The monoisotopic (exact) mass is 644 g/mol. The second-order valence-corrected chi connectivity index (χ2v) is 14.5. The van der Waals surface area contributed by atoms with E-state index >= 15 is 0 Å². The molecule has 0 aliphatic carbocycles. The van der Waals surface area contributed by atoms with E-state index in [0.29, 0.717) is 48.7 Å². The third kappa shape index (κ3) is 6.39. The van der Waals surface area contributed by atoms with E-state index in [1.54, 1.807) is 18.9 Å². The maximum absolute atomic E-state index is 14.4. The van der Waals surface area contributed by atoms with Gasteiger partial charge in [-0.15, -0.1) is 0 Å². The Balaban J connectivity index is 1.22. The Kier molecular flexibility index (Phi) is 8.78. The molecule has 3 aliphatic rings. The fourth-order valence-corrected chi connectivity index (χ4v) is 7.72. The van der Waals surface area contributed by atoms with E-state index < -0.39 is 27.6 Å². The van der Waals surface area contributed by atoms with Crippen molar-refractivity contribution in [2.75, 3.05) is 50.2 Å². The Labute approximate surface area is 260 Å². The number of methoxy groups -OCH3 is 1. The Bertz CT molecular complexity index is 1720. The average molecular weight is 645 g/mol. The topological polar surface area (TPSA) is 146 Å². The van der Waals surface area contributed by atoms with Gasteiger partial charge >= 0.3 is 0 Å². The van der Waals surface area contributed by atoms with Crippen LogP contribution in [-0.4, -0.2) is 105 Å². The van der Waals surface area contributed by atoms with Gasteiger partial charge in [-0.2, -0.15) is 9.46 Å². The molecule has 0 radical (unpaired) electrons. The van der Waals surface area contributed by atoms with E-state index in [0.717, 1.165) is 0 Å². The largest absolute Gasteiger partial charge is 0.483 e. The summed E-state index contributed by atoms with van der Waals surface area (Å²) in [7, 11) is -1.24. The predicted molar refractivity (Wildman–Crippen MR) is 163 cm³/mol. The highest BCUT2D eigenvalue weighted by molar-refractivity contribution is 7.94. The standard InChI is InChI=1S/C30H37FN6O7S/c1-17(2)11-25(38)36-7-9-45(40,10-8-36)35-30(39)20-13-37-26(18(20)3)29(32-16-33-37)34-21-6-5-19(31)12-22(21)44-24-15-43-27-23(41-4)14-42-28(24)27/h5-6,12-13,16-17,23-24,27-28H,7-11,14-15H2,1-4H3,(H,32,33,34)/t23-,24-,27-,28-/m1/s1. The Hall–Kier alpha value is -3.66. The number of hydrogen-bond donors (Lipinski definition) is 1. The number of rotatable bonds is 8. The van der Waals surface area contributed by atoms with Crippen LogP contribution in [0.15, 0.2) is 35.1 Å². The minimum atomic E-state index is -2.84. The third-order valence-corrected chi connectivity index (χ3v) is 10.5. The summed E-state index contributed by atoms with van der Waals surface area (Å²) in [5.74, 6) is -0.00575. The molecule has 15 heteroatoms. The van der Waals surface area contributed by atoms with Crippen molar-refractivity contribution >= 4 is 38.6 Å². The van der Waals surface area contributed by atoms with Crippen molar-refractivity contribution in [1.29, 1.82) is 0 Å². The predicted octanol–water partition coefficient (Wildman–Crippen LogP) is 2.98. The highest BCUT2D eigenvalue weighted by atomic mass is 32.2. The van der Waals surface area contributed by atoms with Crippen LogP contribution in [0.4, 0.5) is 15.9 Å². The summed E-state index contributed by atoms with van der Waals surface area (Å²) in [6, 6.07) is 4.10. The van der Waals surface area contributed by atoms with Crippen molar-refractivity contribution in [3.05, 3.63) is 47.7 Å². The highest BCUT2D eigenvalue weighted by Crippen LogP contribution is 2.36. The number of nitrogens with zero attached hydrogens (tertiary/aromatic N) is 5. The van der Waals surface area contributed by atoms with Gasteiger partial charge in [0, 0.05) is 50.4 Å². The molecule has 0 bridgehead atoms. The van der Waals surface area contributed by atoms with Gasteiger partial charge < -0.3 is 29.2 Å². The summed E-state index contributed by atoms with van der Waals surface area (Å²) >= 11 is 0. The Morgan fingerprint density at radius 1 is 1.18 bits per heavy atom. The first-order valence-corrected chi connectivity index (χ1v) is 16.8. The number of carbonyl (C=O) groups excluding carboxylic acids is 2. The lowest BCUT2D eigenvalue weighted by Gasteiger charge is -2.29. The van der Waals surface area contributed by atoms with Gasteiger partial charge in [0.25, 0.3) is 5.91 Å². The normalized spacial score (nSPS) is 24.2. The summed E-state index contributed by atoms with van der Waals surface area (Å²) in [5, 5.41) is 7.46. The van der Waals surface area contributed by atoms with Gasteiger partial charge in [-0.1, -0.05) is 13.8 Å². The van der Waals surface area contributed by atoms with Crippen molar-refractivity contribution in [2.45, 2.75) is 51.6 Å². The van der Waals surface area contributed by atoms with Crippen molar-refractivity contribution in [3.8, 4) is 5.75 Å². The number of amides is 2. The molecule has 1 aromatic carbocycles. The summed E-state index contributed by atoms with van der Waals surface area (Å²) in [6.07, 6.45) is 1.96. The van der Waals surface area contributed by atoms with Crippen LogP contribution in [0.1, 0.15) is 36.2 Å². The molecule has 2 amide bonds. The second-order valence-electron chi connectivity index (χ2n) is 11.9. The number of aryl methyl sites for hydroxylation is 1. The first kappa shape index (κ1) is 31.3. The molecule has 45 heavy (non-hydrogen) atoms. The number of halogens is 1. The van der Waals surface area contributed by atoms with E-state index in [-0.39, 0.29) is 59.6 Å². The number of fused-ring (bicyclic) bond motifs is 2. The molecule has 13 nitrogen and oxygen atoms in total. The lowest BCUT2D eigenvalue weighted by atomic mass is 10.1. The van der Waals surface area contributed by atoms with Crippen LogP contribution in [0.2, 0.25) is 0 Å². The van der Waals surface area contributed by atoms with E-state index in [1.807, 2.05) is 13.8 Å². The number of anilines is 2. The molecular formula is C30H37FN6O7S. The summed E-state index contributed by atoms with van der Waals surface area (Å²) in [4.78, 5) is 31.9. The van der Waals surface area contributed by atoms with Crippen LogP contribution in [-0.2, 0) is 28.7 Å². The number of aromatic nitrogens is 3. The molecule has 242 valence electrons. The zero-order valence-corrected chi connectivity index (χ0v) is 26.4. The van der Waals surface area contributed by atoms with Gasteiger partial charge in [-0.25, -0.2) is 18.1 Å². The zero-order valence-electron chi connectivity index (χ0n) is 25.6. The van der Waals surface area contributed by atoms with Crippen LogP contribution in [0.25, 0.3) is 5.52 Å². The van der Waals surface area contributed by atoms with Gasteiger partial charge in [-0.05, 0) is 30.5 Å². The molecule has 4 atom stereocenters. The third-order valence-electron chi connectivity index (χ3n) is 8.34. The maximum atomic E-state index is 14.4. The number of benzene rings is 1. The molecule has 1 N–H and O–H groups in total. The van der Waals surface area contributed by atoms with Crippen LogP contribution in [0, 0.1) is 18.7 Å². The van der Waals surface area contributed by atoms with Crippen LogP contribution in [0.3, 0.4) is 0 Å². The molecular weight excluding hydrogens is 607 g/mol. The molecule has 6 rings (SSSR count). The van der Waals surface area contributed by atoms with Gasteiger partial charge in [0.1, 0.15) is 41.7 Å². The van der Waals surface area contributed by atoms with Crippen molar-refractivity contribution in [2.24, 2.45) is 10.3 Å². The minimum Gasteiger partial charge on any atom is -0.483 e. The fourth-order valence-electron chi connectivity index (χ4n) is 5.93. The minimum absolute atomic E-state index is 0.0213. The number of carbonyl (C=O) groups is 2. The van der Waals surface area contributed by atoms with E-state index in [9.17, 15) is 18.2 Å². The molecule has 3 aromatic rings. The smallest absolute Gasteiger partial charge is 0.287 e. The van der Waals surface area contributed by atoms with Crippen LogP contribution in [0.5, 0.6) is 5.75 Å². The quantitative estimate of drug-likeness (QED) is 0.388. The van der Waals surface area contributed by atoms with E-state index in [4.69, 9.17) is 18.9 Å². The van der Waals surface area contributed by atoms with E-state index in [1.165, 1.54) is 35.2 Å². The van der Waals surface area contributed by atoms with Gasteiger partial charge in [0.2, 0.25) is 5.91 Å². The van der Waals surface area contributed by atoms with Crippen molar-refractivity contribution in [3.63, 3.8) is 0 Å². The molecule has 3 fully saturated rings. The SMILES string of the molecule is CO[C@@H]1CO[C@H]2[C@@H]1OC[C@H]2Oc1cc(F)ccc1Nc1ncnn2cc(C(=O)N=S3(=O)CCN(C(=O)CC(C)C)CC3)c(C)c12. The lowest BCUT2D eigenvalue weighted by Crippen LogP contribution is -2.44. The van der Waals surface area contributed by atoms with Crippen LogP contribution >= 0.6 is 0 Å². The summed E-state index contributed by atoms with van der Waals surface area (Å²) < 4.78 is 56.8. The van der Waals surface area contributed by atoms with Crippen LogP contribution < -0.4 is 10.1 Å². The first-order valence-electron chi connectivity index (χ1n) is 14.9. The van der Waals surface area contributed by atoms with Gasteiger partial charge in [-0.3, -0.25) is 9.59 Å². The molecule has 0 saturated carbocycles. The summed E-state index contributed by atoms with van der Waals surface area (Å²) in [5.41, 5.74) is 1.68. The first-order chi connectivity index (χ1) is 21.5. The molecule has 0 unspecified atom stereocenters. The summed E-state index contributed by atoms with van der Waals surface area (Å²) in [6.45, 7) is 6.91. The maximum Gasteiger partial charge on any atom is 0.287 e. The molecule has 5 heterocycles. The average Bonchev–Trinajstić information content (AvgIpc) is 3.69. The second kappa shape index (κ2) is 12.6. The highest BCUT2D eigenvalue weighted by Gasteiger charge is 2.49. The molecule has 0 spiro atoms. The number of nitrogens with one attached hydrogen (secondary N) is 1. The fraction of sp³-hybridized carbons (Fsp3) is 0.533.